The maximum atomic E-state index is 13.3. The quantitative estimate of drug-likeness (QED) is 0.0827. The number of nitrogens with one attached hydrogen (secondary N) is 1. The number of anilines is 1. The third-order valence-electron chi connectivity index (χ3n) is 6.35. The standard InChI is InChI=1S/C29H29N2OS.C5H5.Fe/c1-3-31(4-2)21-33-28-16-10-15-27(28)30-29(32)26-14-9-8-13-25(26)24-19-17-23(18-20-24)22-11-6-5-7-12-22;1-2-4-5-3-1;/h5-20H,3-4,21H2,1-2H3,(H,30,32);1-5H;/q2*-1;+2. The van der Waals surface area contributed by atoms with E-state index in [2.05, 4.69) is 66.5 Å². The van der Waals surface area contributed by atoms with Gasteiger partial charge in [-0.2, -0.15) is 30.3 Å². The fourth-order valence-electron chi connectivity index (χ4n) is 4.12. The molecule has 1 amide bonds. The fraction of sp³-hybridized carbons (Fsp3) is 0.147. The van der Waals surface area contributed by atoms with Gasteiger partial charge in [0.05, 0.1) is 0 Å². The maximum Gasteiger partial charge on any atom is 2.00 e. The summed E-state index contributed by atoms with van der Waals surface area (Å²) in [6.07, 6.45) is 0. The van der Waals surface area contributed by atoms with Crippen LogP contribution in [-0.2, 0) is 17.1 Å². The number of carbonyl (C=O) groups is 1. The number of thioether (sulfide) groups is 1. The Hall–Kier alpha value is -3.34. The number of carbonyl (C=O) groups excluding carboxylic acids is 1. The molecular formula is C34H34FeN2OS. The Labute approximate surface area is 247 Å². The Morgan fingerprint density at radius 3 is 2.03 bits per heavy atom. The molecule has 0 heterocycles. The van der Waals surface area contributed by atoms with Crippen LogP contribution >= 0.6 is 11.8 Å². The van der Waals surface area contributed by atoms with E-state index in [9.17, 15) is 4.79 Å². The molecule has 0 aliphatic heterocycles. The molecule has 0 radical (unpaired) electrons. The molecular weight excluding hydrogens is 540 g/mol. The van der Waals surface area contributed by atoms with E-state index in [0.717, 1.165) is 46.2 Å². The zero-order chi connectivity index (χ0) is 26.6. The summed E-state index contributed by atoms with van der Waals surface area (Å²) in [5.74, 6) is 0.818. The minimum atomic E-state index is -0.0892. The average Bonchev–Trinajstić information content (AvgIpc) is 3.70. The second-order valence-electron chi connectivity index (χ2n) is 8.79. The summed E-state index contributed by atoms with van der Waals surface area (Å²) in [4.78, 5) is 16.7. The monoisotopic (exact) mass is 574 g/mol. The van der Waals surface area contributed by atoms with Gasteiger partial charge in [0.1, 0.15) is 0 Å². The molecule has 0 saturated carbocycles. The molecule has 0 aliphatic carbocycles. The van der Waals surface area contributed by atoms with Gasteiger partial charge in [-0.1, -0.05) is 97.6 Å². The fourth-order valence-corrected chi connectivity index (χ4v) is 5.25. The van der Waals surface area contributed by atoms with Crippen LogP contribution < -0.4 is 5.32 Å². The third-order valence-corrected chi connectivity index (χ3v) is 7.51. The first kappa shape index (κ1) is 30.2. The van der Waals surface area contributed by atoms with Crippen LogP contribution in [0.1, 0.15) is 24.2 Å². The van der Waals surface area contributed by atoms with Crippen LogP contribution in [0.3, 0.4) is 0 Å². The molecule has 5 aromatic rings. The van der Waals surface area contributed by atoms with Crippen molar-refractivity contribution in [1.82, 2.24) is 4.90 Å². The van der Waals surface area contributed by atoms with E-state index in [0.29, 0.717) is 5.56 Å². The Bertz CT molecular complexity index is 1360. The van der Waals surface area contributed by atoms with Gasteiger partial charge in [0.25, 0.3) is 0 Å². The van der Waals surface area contributed by atoms with Gasteiger partial charge >= 0.3 is 17.1 Å². The van der Waals surface area contributed by atoms with E-state index in [4.69, 9.17) is 0 Å². The summed E-state index contributed by atoms with van der Waals surface area (Å²) in [6, 6.07) is 42.5. The molecule has 0 unspecified atom stereocenters. The number of benzene rings is 3. The van der Waals surface area contributed by atoms with Gasteiger partial charge in [-0.25, -0.2) is 12.1 Å². The summed E-state index contributed by atoms with van der Waals surface area (Å²) >= 11 is 1.76. The van der Waals surface area contributed by atoms with Crippen molar-refractivity contribution < 1.29 is 21.9 Å². The summed E-state index contributed by atoms with van der Waals surface area (Å²) < 4.78 is 0. The predicted octanol–water partition coefficient (Wildman–Crippen LogP) is 8.79. The molecule has 5 aromatic carbocycles. The molecule has 5 rings (SSSR count). The van der Waals surface area contributed by atoms with Crippen LogP contribution in [0.5, 0.6) is 0 Å². The molecule has 5 heteroatoms. The van der Waals surface area contributed by atoms with Crippen LogP contribution in [0.4, 0.5) is 5.69 Å². The summed E-state index contributed by atoms with van der Waals surface area (Å²) in [5.41, 5.74) is 5.84. The van der Waals surface area contributed by atoms with Gasteiger partial charge in [0, 0.05) is 11.4 Å². The summed E-state index contributed by atoms with van der Waals surface area (Å²) in [5, 5.41) is 3.14. The van der Waals surface area contributed by atoms with Crippen molar-refractivity contribution in [3.8, 4) is 22.3 Å². The van der Waals surface area contributed by atoms with E-state index in [1.54, 1.807) is 11.8 Å². The molecule has 0 spiro atoms. The van der Waals surface area contributed by atoms with Gasteiger partial charge in [0.15, 0.2) is 5.91 Å². The van der Waals surface area contributed by atoms with Gasteiger partial charge in [-0.3, -0.25) is 4.90 Å². The number of hydrogen-bond donors (Lipinski definition) is 1. The van der Waals surface area contributed by atoms with Crippen molar-refractivity contribution in [2.75, 3.05) is 24.3 Å². The van der Waals surface area contributed by atoms with E-state index in [-0.39, 0.29) is 23.0 Å². The average molecular weight is 575 g/mol. The van der Waals surface area contributed by atoms with Gasteiger partial charge in [-0.05, 0) is 41.0 Å². The van der Waals surface area contributed by atoms with Crippen molar-refractivity contribution in [1.29, 1.82) is 0 Å². The largest absolute Gasteiger partial charge is 2.00 e. The van der Waals surface area contributed by atoms with Crippen molar-refractivity contribution in [2.24, 2.45) is 0 Å². The normalized spacial score (nSPS) is 10.3. The smallest absolute Gasteiger partial charge is 0.400 e. The molecule has 0 fully saturated rings. The first-order chi connectivity index (χ1) is 18.7. The number of rotatable bonds is 9. The minimum absolute atomic E-state index is 0. The molecule has 200 valence electrons. The summed E-state index contributed by atoms with van der Waals surface area (Å²) in [7, 11) is 0. The molecule has 1 N–H and O–H groups in total. The molecule has 0 bridgehead atoms. The third kappa shape index (κ3) is 8.58. The SMILES string of the molecule is CCN(CC)CSc1ccc[c-]1NC(=O)c1ccccc1-c1ccc(-c2ccccc2)cc1.[Fe+2].c1cc[cH-]c1. The minimum Gasteiger partial charge on any atom is -0.400 e. The van der Waals surface area contributed by atoms with E-state index in [1.165, 1.54) is 5.56 Å². The van der Waals surface area contributed by atoms with Crippen molar-refractivity contribution >= 4 is 23.4 Å². The second kappa shape index (κ2) is 15.9. The Kier molecular flexibility index (Phi) is 12.3. The van der Waals surface area contributed by atoms with Crippen LogP contribution in [-0.4, -0.2) is 29.8 Å². The zero-order valence-corrected chi connectivity index (χ0v) is 24.3. The number of hydrogen-bond acceptors (Lipinski definition) is 3. The van der Waals surface area contributed by atoms with E-state index in [1.807, 2.05) is 84.9 Å². The van der Waals surface area contributed by atoms with Crippen LogP contribution in [0.2, 0.25) is 0 Å². The Morgan fingerprint density at radius 2 is 1.38 bits per heavy atom. The summed E-state index contributed by atoms with van der Waals surface area (Å²) in [6.45, 7) is 6.37. The van der Waals surface area contributed by atoms with Gasteiger partial charge in [-0.15, -0.1) is 17.8 Å². The van der Waals surface area contributed by atoms with Gasteiger partial charge < -0.3 is 10.1 Å². The van der Waals surface area contributed by atoms with Crippen molar-refractivity contribution in [3.63, 3.8) is 0 Å². The van der Waals surface area contributed by atoms with Gasteiger partial charge in [0.2, 0.25) is 0 Å². The topological polar surface area (TPSA) is 32.3 Å². The first-order valence-electron chi connectivity index (χ1n) is 13.0. The Balaban J connectivity index is 0.000000630. The Morgan fingerprint density at radius 1 is 0.769 bits per heavy atom. The number of amides is 1. The maximum absolute atomic E-state index is 13.3. The number of nitrogens with zero attached hydrogens (tertiary/aromatic N) is 1. The molecule has 0 aromatic heterocycles. The predicted molar refractivity (Wildman–Crippen MR) is 163 cm³/mol. The van der Waals surface area contributed by atoms with E-state index >= 15 is 0 Å². The molecule has 0 saturated heterocycles. The molecule has 39 heavy (non-hydrogen) atoms. The zero-order valence-electron chi connectivity index (χ0n) is 22.4. The van der Waals surface area contributed by atoms with E-state index < -0.39 is 0 Å². The molecule has 3 nitrogen and oxygen atoms in total. The van der Waals surface area contributed by atoms with Crippen LogP contribution in [0.25, 0.3) is 22.3 Å². The van der Waals surface area contributed by atoms with Crippen molar-refractivity contribution in [2.45, 2.75) is 18.7 Å². The second-order valence-corrected chi connectivity index (χ2v) is 9.77. The van der Waals surface area contributed by atoms with Crippen LogP contribution in [0.15, 0.2) is 132 Å². The molecule has 0 aliphatic rings. The molecule has 0 atom stereocenters. The first-order valence-corrected chi connectivity index (χ1v) is 14.0. The van der Waals surface area contributed by atoms with Crippen LogP contribution in [0, 0.1) is 0 Å². The van der Waals surface area contributed by atoms with Crippen molar-refractivity contribution in [3.05, 3.63) is 133 Å².